The van der Waals surface area contributed by atoms with Crippen molar-refractivity contribution in [3.05, 3.63) is 18.2 Å². The van der Waals surface area contributed by atoms with Crippen LogP contribution in [0.4, 0.5) is 5.69 Å². The zero-order valence-electron chi connectivity index (χ0n) is 11.9. The first-order valence-electron chi connectivity index (χ1n) is 7.25. The number of nitrogens with zero attached hydrogens (tertiary/aromatic N) is 1. The molecule has 1 heterocycles. The van der Waals surface area contributed by atoms with Gasteiger partial charge in [0.25, 0.3) is 0 Å². The number of rotatable bonds is 8. The molecule has 0 aliphatic rings. The molecular formula is C15H22N2OS2. The topological polar surface area (TPSA) is 56.0 Å². The molecule has 0 spiro atoms. The van der Waals surface area contributed by atoms with Crippen molar-refractivity contribution in [2.45, 2.75) is 49.8 Å². The number of thiazole rings is 1. The molecule has 2 rings (SSSR count). The quantitative estimate of drug-likeness (QED) is 0.582. The van der Waals surface area contributed by atoms with Crippen LogP contribution >= 0.6 is 11.3 Å². The van der Waals surface area contributed by atoms with Gasteiger partial charge in [-0.3, -0.25) is 4.21 Å². The number of anilines is 1. The van der Waals surface area contributed by atoms with Gasteiger partial charge in [-0.15, -0.1) is 11.3 Å². The summed E-state index contributed by atoms with van der Waals surface area (Å²) in [5, 5.41) is 0. The van der Waals surface area contributed by atoms with Gasteiger partial charge in [-0.2, -0.15) is 0 Å². The van der Waals surface area contributed by atoms with Gasteiger partial charge in [-0.05, 0) is 24.6 Å². The van der Waals surface area contributed by atoms with E-state index < -0.39 is 10.8 Å². The Morgan fingerprint density at radius 2 is 1.95 bits per heavy atom. The van der Waals surface area contributed by atoms with Gasteiger partial charge >= 0.3 is 0 Å². The van der Waals surface area contributed by atoms with Crippen LogP contribution in [0.2, 0.25) is 0 Å². The molecule has 1 unspecified atom stereocenters. The Morgan fingerprint density at radius 3 is 2.75 bits per heavy atom. The first-order chi connectivity index (χ1) is 9.70. The maximum absolute atomic E-state index is 12.2. The summed E-state index contributed by atoms with van der Waals surface area (Å²) in [5.41, 5.74) is 7.38. The molecule has 0 bridgehead atoms. The maximum Gasteiger partial charge on any atom is 0.181 e. The van der Waals surface area contributed by atoms with Crippen LogP contribution < -0.4 is 5.73 Å². The summed E-state index contributed by atoms with van der Waals surface area (Å²) in [6.45, 7) is 2.22. The van der Waals surface area contributed by atoms with Crippen LogP contribution in [-0.4, -0.2) is 14.9 Å². The maximum atomic E-state index is 12.2. The van der Waals surface area contributed by atoms with E-state index in [9.17, 15) is 4.21 Å². The van der Waals surface area contributed by atoms with Crippen molar-refractivity contribution in [1.29, 1.82) is 0 Å². The molecule has 0 fully saturated rings. The fraction of sp³-hybridized carbons (Fsp3) is 0.533. The third-order valence-electron chi connectivity index (χ3n) is 3.27. The Bertz CT molecular complexity index is 580. The van der Waals surface area contributed by atoms with Gasteiger partial charge in [-0.25, -0.2) is 4.98 Å². The van der Waals surface area contributed by atoms with Crippen molar-refractivity contribution in [2.75, 3.05) is 11.5 Å². The lowest BCUT2D eigenvalue weighted by Crippen LogP contribution is -1.97. The minimum Gasteiger partial charge on any atom is -0.399 e. The van der Waals surface area contributed by atoms with Gasteiger partial charge in [0.1, 0.15) is 0 Å². The molecule has 2 aromatic rings. The zero-order valence-corrected chi connectivity index (χ0v) is 13.6. The lowest BCUT2D eigenvalue weighted by atomic mass is 10.1. The standard InChI is InChI=1S/C15H22N2OS2/c1-2-3-4-5-6-7-10-20(18)15-17-13-9-8-12(16)11-14(13)19-15/h8-9,11H,2-7,10,16H2,1H3. The number of fused-ring (bicyclic) bond motifs is 1. The van der Waals surface area contributed by atoms with E-state index in [-0.39, 0.29) is 0 Å². The molecule has 1 atom stereocenters. The molecule has 20 heavy (non-hydrogen) atoms. The van der Waals surface area contributed by atoms with Crippen molar-refractivity contribution in [3.8, 4) is 0 Å². The first-order valence-corrected chi connectivity index (χ1v) is 9.38. The first kappa shape index (κ1) is 15.4. The molecule has 0 aliphatic carbocycles. The molecule has 0 aliphatic heterocycles. The average molecular weight is 310 g/mol. The summed E-state index contributed by atoms with van der Waals surface area (Å²) in [6.07, 6.45) is 7.31. The average Bonchev–Trinajstić information content (AvgIpc) is 2.85. The Hall–Kier alpha value is -0.940. The van der Waals surface area contributed by atoms with Crippen LogP contribution in [0.25, 0.3) is 10.2 Å². The summed E-state index contributed by atoms with van der Waals surface area (Å²) in [7, 11) is -0.963. The van der Waals surface area contributed by atoms with Crippen LogP contribution in [0.1, 0.15) is 45.4 Å². The predicted molar refractivity (Wildman–Crippen MR) is 88.7 cm³/mol. The zero-order chi connectivity index (χ0) is 14.4. The van der Waals surface area contributed by atoms with Crippen molar-refractivity contribution >= 4 is 38.0 Å². The predicted octanol–water partition coefficient (Wildman–Crippen LogP) is 4.35. The summed E-state index contributed by atoms with van der Waals surface area (Å²) < 4.78 is 14.0. The number of nitrogen functional groups attached to an aromatic ring is 1. The molecular weight excluding hydrogens is 288 g/mol. The summed E-state index contributed by atoms with van der Waals surface area (Å²) in [6, 6.07) is 5.63. The molecule has 3 nitrogen and oxygen atoms in total. The second kappa shape index (κ2) is 7.74. The Balaban J connectivity index is 1.85. The lowest BCUT2D eigenvalue weighted by molar-refractivity contribution is 0.622. The number of benzene rings is 1. The Labute approximate surface area is 127 Å². The third-order valence-corrected chi connectivity index (χ3v) is 6.03. The van der Waals surface area contributed by atoms with E-state index in [1.54, 1.807) is 0 Å². The fourth-order valence-corrected chi connectivity index (χ4v) is 4.60. The number of aromatic nitrogens is 1. The number of hydrogen-bond donors (Lipinski definition) is 1. The van der Waals surface area contributed by atoms with Crippen molar-refractivity contribution in [1.82, 2.24) is 4.98 Å². The minimum atomic E-state index is -0.963. The van der Waals surface area contributed by atoms with Gasteiger partial charge in [0.15, 0.2) is 4.34 Å². The summed E-state index contributed by atoms with van der Waals surface area (Å²) in [4.78, 5) is 4.44. The second-order valence-corrected chi connectivity index (χ2v) is 7.80. The second-order valence-electron chi connectivity index (χ2n) is 5.02. The molecule has 0 radical (unpaired) electrons. The van der Waals surface area contributed by atoms with Crippen LogP contribution in [0.15, 0.2) is 22.5 Å². The highest BCUT2D eigenvalue weighted by Crippen LogP contribution is 2.26. The number of nitrogens with two attached hydrogens (primary N) is 1. The molecule has 2 N–H and O–H groups in total. The van der Waals surface area contributed by atoms with Crippen LogP contribution in [0, 0.1) is 0 Å². The van der Waals surface area contributed by atoms with E-state index in [1.807, 2.05) is 18.2 Å². The highest BCUT2D eigenvalue weighted by Gasteiger charge is 2.10. The monoisotopic (exact) mass is 310 g/mol. The van der Waals surface area contributed by atoms with E-state index in [0.29, 0.717) is 0 Å². The molecule has 110 valence electrons. The molecule has 0 amide bonds. The lowest BCUT2D eigenvalue weighted by Gasteiger charge is -1.99. The van der Waals surface area contributed by atoms with Gasteiger partial charge in [0.2, 0.25) is 0 Å². The Morgan fingerprint density at radius 1 is 1.20 bits per heavy atom. The van der Waals surface area contributed by atoms with Crippen LogP contribution in [-0.2, 0) is 10.8 Å². The number of unbranched alkanes of at least 4 members (excludes halogenated alkanes) is 5. The fourth-order valence-electron chi connectivity index (χ4n) is 2.12. The smallest absolute Gasteiger partial charge is 0.181 e. The molecule has 1 aromatic heterocycles. The van der Waals surface area contributed by atoms with E-state index in [0.717, 1.165) is 32.4 Å². The third kappa shape index (κ3) is 4.28. The van der Waals surface area contributed by atoms with Crippen molar-refractivity contribution < 1.29 is 4.21 Å². The van der Waals surface area contributed by atoms with Gasteiger partial charge in [0, 0.05) is 11.4 Å². The van der Waals surface area contributed by atoms with E-state index >= 15 is 0 Å². The number of hydrogen-bond acceptors (Lipinski definition) is 4. The Kier molecular flexibility index (Phi) is 5.98. The van der Waals surface area contributed by atoms with Crippen molar-refractivity contribution in [2.24, 2.45) is 0 Å². The highest BCUT2D eigenvalue weighted by atomic mass is 32.2. The molecule has 5 heteroatoms. The molecule has 0 saturated carbocycles. The summed E-state index contributed by atoms with van der Waals surface area (Å²) in [5.74, 6) is 0.724. The minimum absolute atomic E-state index is 0.724. The van der Waals surface area contributed by atoms with Crippen molar-refractivity contribution in [3.63, 3.8) is 0 Å². The van der Waals surface area contributed by atoms with Gasteiger partial charge < -0.3 is 5.73 Å². The summed E-state index contributed by atoms with van der Waals surface area (Å²) >= 11 is 1.50. The molecule has 0 saturated heterocycles. The normalized spacial score (nSPS) is 12.8. The largest absolute Gasteiger partial charge is 0.399 e. The van der Waals surface area contributed by atoms with E-state index in [4.69, 9.17) is 5.73 Å². The van der Waals surface area contributed by atoms with Gasteiger partial charge in [-0.1, -0.05) is 39.0 Å². The van der Waals surface area contributed by atoms with E-state index in [2.05, 4.69) is 11.9 Å². The van der Waals surface area contributed by atoms with Gasteiger partial charge in [0.05, 0.1) is 21.0 Å². The molecule has 1 aromatic carbocycles. The van der Waals surface area contributed by atoms with Crippen LogP contribution in [0.5, 0.6) is 0 Å². The van der Waals surface area contributed by atoms with E-state index in [1.165, 1.54) is 43.4 Å². The SMILES string of the molecule is CCCCCCCCS(=O)c1nc2ccc(N)cc2s1. The highest BCUT2D eigenvalue weighted by molar-refractivity contribution is 7.87. The van der Waals surface area contributed by atoms with Crippen LogP contribution in [0.3, 0.4) is 0 Å².